The molecular formula is C28H22N2O2. The van der Waals surface area contributed by atoms with Crippen molar-refractivity contribution in [1.29, 1.82) is 0 Å². The predicted octanol–water partition coefficient (Wildman–Crippen LogP) is 6.63. The number of oxazole rings is 1. The van der Waals surface area contributed by atoms with Gasteiger partial charge >= 0.3 is 0 Å². The largest absolute Gasteiger partial charge is 0.438 e. The molecule has 1 fully saturated rings. The van der Waals surface area contributed by atoms with Gasteiger partial charge in [-0.2, -0.15) is 0 Å². The molecule has 156 valence electrons. The number of fused-ring (bicyclic) bond motifs is 2. The molecule has 1 aromatic heterocycles. The second-order valence-corrected chi connectivity index (χ2v) is 8.32. The van der Waals surface area contributed by atoms with Crippen LogP contribution in [0.3, 0.4) is 0 Å². The van der Waals surface area contributed by atoms with Crippen LogP contribution < -0.4 is 0 Å². The highest BCUT2D eigenvalue weighted by Crippen LogP contribution is 2.35. The molecule has 1 atom stereocenters. The number of hydrogen-bond donors (Lipinski definition) is 0. The van der Waals surface area contributed by atoms with Gasteiger partial charge in [0.05, 0.1) is 0 Å². The first kappa shape index (κ1) is 18.8. The van der Waals surface area contributed by atoms with Crippen molar-refractivity contribution in [2.45, 2.75) is 18.9 Å². The topological polar surface area (TPSA) is 46.3 Å². The summed E-state index contributed by atoms with van der Waals surface area (Å²) in [6.07, 6.45) is 1.80. The number of nitrogens with zero attached hydrogens (tertiary/aromatic N) is 2. The minimum Gasteiger partial charge on any atom is -0.438 e. The van der Waals surface area contributed by atoms with Crippen molar-refractivity contribution >= 4 is 27.8 Å². The van der Waals surface area contributed by atoms with Gasteiger partial charge in [-0.05, 0) is 59.0 Å². The van der Waals surface area contributed by atoms with Gasteiger partial charge in [-0.25, -0.2) is 4.98 Å². The van der Waals surface area contributed by atoms with Gasteiger partial charge in [0.15, 0.2) is 5.58 Å². The zero-order valence-electron chi connectivity index (χ0n) is 17.6. The number of amides is 1. The maximum atomic E-state index is 13.4. The van der Waals surface area contributed by atoms with Crippen LogP contribution in [0.1, 0.15) is 35.1 Å². The van der Waals surface area contributed by atoms with Crippen molar-refractivity contribution in [3.63, 3.8) is 0 Å². The molecule has 0 spiro atoms. The summed E-state index contributed by atoms with van der Waals surface area (Å²) in [6.45, 7) is 0.713. The van der Waals surface area contributed by atoms with Crippen LogP contribution in [-0.4, -0.2) is 22.3 Å². The van der Waals surface area contributed by atoms with E-state index >= 15 is 0 Å². The molecule has 1 amide bonds. The Labute approximate surface area is 186 Å². The maximum Gasteiger partial charge on any atom is 0.254 e. The molecule has 0 saturated carbocycles. The monoisotopic (exact) mass is 418 g/mol. The van der Waals surface area contributed by atoms with Crippen molar-refractivity contribution in [3.8, 4) is 11.1 Å². The van der Waals surface area contributed by atoms with Gasteiger partial charge in [-0.1, -0.05) is 66.7 Å². The van der Waals surface area contributed by atoms with E-state index in [-0.39, 0.29) is 11.9 Å². The highest BCUT2D eigenvalue weighted by molar-refractivity contribution is 5.99. The Morgan fingerprint density at radius 3 is 2.53 bits per heavy atom. The molecule has 1 aliphatic rings. The second kappa shape index (κ2) is 7.65. The summed E-state index contributed by atoms with van der Waals surface area (Å²) in [7, 11) is 0. The SMILES string of the molecule is O=C(c1ccc2ccccc2c1)N1CCC[C@@H]1c1nc2cc(-c3ccccc3)ccc2o1. The Morgan fingerprint density at radius 1 is 0.844 bits per heavy atom. The third kappa shape index (κ3) is 3.25. The lowest BCUT2D eigenvalue weighted by molar-refractivity contribution is 0.0717. The zero-order chi connectivity index (χ0) is 21.5. The van der Waals surface area contributed by atoms with E-state index < -0.39 is 0 Å². The smallest absolute Gasteiger partial charge is 0.254 e. The van der Waals surface area contributed by atoms with E-state index in [1.165, 1.54) is 0 Å². The van der Waals surface area contributed by atoms with E-state index in [0.29, 0.717) is 18.0 Å². The van der Waals surface area contributed by atoms with Gasteiger partial charge < -0.3 is 9.32 Å². The van der Waals surface area contributed by atoms with Crippen LogP contribution >= 0.6 is 0 Å². The highest BCUT2D eigenvalue weighted by Gasteiger charge is 2.34. The molecule has 4 heteroatoms. The van der Waals surface area contributed by atoms with Crippen LogP contribution in [0.15, 0.2) is 95.4 Å². The number of rotatable bonds is 3. The number of benzene rings is 4. The van der Waals surface area contributed by atoms with Crippen molar-refractivity contribution in [2.75, 3.05) is 6.54 Å². The average Bonchev–Trinajstić information content (AvgIpc) is 3.50. The van der Waals surface area contributed by atoms with E-state index in [0.717, 1.165) is 45.8 Å². The first-order valence-corrected chi connectivity index (χ1v) is 11.0. The lowest BCUT2D eigenvalue weighted by Crippen LogP contribution is -2.30. The quantitative estimate of drug-likeness (QED) is 0.330. The van der Waals surface area contributed by atoms with E-state index in [1.807, 2.05) is 65.6 Å². The molecule has 0 aliphatic carbocycles. The summed E-state index contributed by atoms with van der Waals surface area (Å²) in [5, 5.41) is 2.21. The van der Waals surface area contributed by atoms with Crippen LogP contribution in [0.4, 0.5) is 0 Å². The minimum absolute atomic E-state index is 0.0329. The molecule has 2 heterocycles. The number of carbonyl (C=O) groups is 1. The fraction of sp³-hybridized carbons (Fsp3) is 0.143. The number of carbonyl (C=O) groups excluding carboxylic acids is 1. The third-order valence-electron chi connectivity index (χ3n) is 6.31. The first-order chi connectivity index (χ1) is 15.8. The Bertz CT molecular complexity index is 1440. The standard InChI is InChI=1S/C28H22N2O2/c31-28(23-13-12-20-9-4-5-10-21(20)17-23)30-16-6-11-25(30)27-29-24-18-22(14-15-26(24)32-27)19-7-2-1-3-8-19/h1-5,7-10,12-15,17-18,25H,6,11,16H2/t25-/m1/s1. The van der Waals surface area contributed by atoms with E-state index in [2.05, 4.69) is 30.3 Å². The fourth-order valence-corrected chi connectivity index (χ4v) is 4.65. The molecule has 5 aromatic rings. The molecule has 1 saturated heterocycles. The van der Waals surface area contributed by atoms with Gasteiger partial charge in [-0.15, -0.1) is 0 Å². The molecule has 1 aliphatic heterocycles. The minimum atomic E-state index is -0.137. The molecule has 0 unspecified atom stereocenters. The van der Waals surface area contributed by atoms with Crippen LogP contribution in [0.2, 0.25) is 0 Å². The van der Waals surface area contributed by atoms with E-state index in [1.54, 1.807) is 0 Å². The average molecular weight is 418 g/mol. The normalized spacial score (nSPS) is 16.1. The third-order valence-corrected chi connectivity index (χ3v) is 6.31. The molecule has 6 rings (SSSR count). The summed E-state index contributed by atoms with van der Waals surface area (Å²) in [5.41, 5.74) is 4.54. The van der Waals surface area contributed by atoms with Crippen LogP contribution in [0.5, 0.6) is 0 Å². The number of hydrogen-bond acceptors (Lipinski definition) is 3. The summed E-state index contributed by atoms with van der Waals surface area (Å²) < 4.78 is 6.12. The molecule has 0 radical (unpaired) electrons. The van der Waals surface area contributed by atoms with Gasteiger partial charge in [0.1, 0.15) is 11.6 Å². The van der Waals surface area contributed by atoms with E-state index in [9.17, 15) is 4.79 Å². The highest BCUT2D eigenvalue weighted by atomic mass is 16.3. The van der Waals surface area contributed by atoms with Crippen LogP contribution in [0, 0.1) is 0 Å². The van der Waals surface area contributed by atoms with Crippen molar-refractivity contribution in [2.24, 2.45) is 0 Å². The van der Waals surface area contributed by atoms with E-state index in [4.69, 9.17) is 9.40 Å². The number of aromatic nitrogens is 1. The fourth-order valence-electron chi connectivity index (χ4n) is 4.65. The Kier molecular flexibility index (Phi) is 4.50. The number of likely N-dealkylation sites (tertiary alicyclic amines) is 1. The second-order valence-electron chi connectivity index (χ2n) is 8.32. The van der Waals surface area contributed by atoms with Gasteiger partial charge in [0.25, 0.3) is 5.91 Å². The summed E-state index contributed by atoms with van der Waals surface area (Å²) in [5.74, 6) is 0.655. The Morgan fingerprint density at radius 2 is 1.66 bits per heavy atom. The molecule has 4 nitrogen and oxygen atoms in total. The summed E-state index contributed by atoms with van der Waals surface area (Å²) in [4.78, 5) is 20.1. The molecule has 0 bridgehead atoms. The maximum absolute atomic E-state index is 13.4. The van der Waals surface area contributed by atoms with Crippen LogP contribution in [-0.2, 0) is 0 Å². The lowest BCUT2D eigenvalue weighted by atomic mass is 10.1. The molecule has 0 N–H and O–H groups in total. The van der Waals surface area contributed by atoms with Gasteiger partial charge in [0, 0.05) is 12.1 Å². The van der Waals surface area contributed by atoms with Crippen molar-refractivity contribution in [1.82, 2.24) is 9.88 Å². The molecule has 32 heavy (non-hydrogen) atoms. The predicted molar refractivity (Wildman–Crippen MR) is 126 cm³/mol. The Hall–Kier alpha value is -3.92. The summed E-state index contributed by atoms with van der Waals surface area (Å²) in [6, 6.07) is 30.2. The first-order valence-electron chi connectivity index (χ1n) is 11.0. The van der Waals surface area contributed by atoms with Gasteiger partial charge in [-0.3, -0.25) is 4.79 Å². The van der Waals surface area contributed by atoms with Gasteiger partial charge in [0.2, 0.25) is 5.89 Å². The summed E-state index contributed by atoms with van der Waals surface area (Å²) >= 11 is 0. The lowest BCUT2D eigenvalue weighted by Gasteiger charge is -2.22. The van der Waals surface area contributed by atoms with Crippen molar-refractivity contribution < 1.29 is 9.21 Å². The molecular weight excluding hydrogens is 396 g/mol. The van der Waals surface area contributed by atoms with Crippen LogP contribution in [0.25, 0.3) is 33.0 Å². The molecule has 4 aromatic carbocycles. The Balaban J connectivity index is 1.32. The van der Waals surface area contributed by atoms with Crippen molar-refractivity contribution in [3.05, 3.63) is 102 Å². The zero-order valence-corrected chi connectivity index (χ0v) is 17.6.